The average Bonchev–Trinajstić information content (AvgIpc) is 3.24. The largest absolute Gasteiger partial charge is 0.416 e. The predicted octanol–water partition coefficient (Wildman–Crippen LogP) is 4.68. The van der Waals surface area contributed by atoms with Gasteiger partial charge in [-0.1, -0.05) is 6.07 Å². The number of alkyl halides is 3. The highest BCUT2D eigenvalue weighted by atomic mass is 19.4. The monoisotopic (exact) mass is 510 g/mol. The molecule has 1 saturated heterocycles. The maximum atomic E-state index is 13.0. The molecule has 1 fully saturated rings. The van der Waals surface area contributed by atoms with Crippen molar-refractivity contribution in [3.05, 3.63) is 66.0 Å². The van der Waals surface area contributed by atoms with Crippen LogP contribution < -0.4 is 16.0 Å². The number of aromatic nitrogens is 4. The number of pyridine rings is 2. The van der Waals surface area contributed by atoms with E-state index in [4.69, 9.17) is 0 Å². The average molecular weight is 511 g/mol. The van der Waals surface area contributed by atoms with Crippen molar-refractivity contribution in [1.82, 2.24) is 30.2 Å². The number of halogens is 3. The van der Waals surface area contributed by atoms with Crippen molar-refractivity contribution < 1.29 is 18.0 Å². The van der Waals surface area contributed by atoms with Crippen LogP contribution in [0.4, 0.5) is 36.4 Å². The zero-order valence-corrected chi connectivity index (χ0v) is 20.1. The number of hydrogen-bond donors (Lipinski definition) is 4. The molecule has 192 valence electrons. The number of piperazine rings is 1. The van der Waals surface area contributed by atoms with E-state index in [0.29, 0.717) is 47.3 Å². The molecule has 0 spiro atoms. The van der Waals surface area contributed by atoms with Gasteiger partial charge in [0, 0.05) is 48.7 Å². The summed E-state index contributed by atoms with van der Waals surface area (Å²) in [7, 11) is 0. The van der Waals surface area contributed by atoms with Gasteiger partial charge in [-0.2, -0.15) is 13.2 Å². The zero-order chi connectivity index (χ0) is 26.2. The van der Waals surface area contributed by atoms with Crippen molar-refractivity contribution in [2.45, 2.75) is 32.1 Å². The Kier molecular flexibility index (Phi) is 6.42. The van der Waals surface area contributed by atoms with E-state index in [-0.39, 0.29) is 23.7 Å². The molecular formula is C25H25F3N8O. The number of anilines is 4. The van der Waals surface area contributed by atoms with Gasteiger partial charge in [-0.25, -0.2) is 15.0 Å². The minimum absolute atomic E-state index is 0.0650. The molecule has 0 radical (unpaired) electrons. The van der Waals surface area contributed by atoms with Gasteiger partial charge in [-0.3, -0.25) is 4.79 Å². The third kappa shape index (κ3) is 5.64. The summed E-state index contributed by atoms with van der Waals surface area (Å²) in [4.78, 5) is 31.0. The molecule has 0 aliphatic carbocycles. The SMILES string of the molecule is C[C@@H]1CN(C(=O)c2ccnc(Nc3nc4cc(Nc5cccc(C(F)(F)F)c5)ncc4[nH]3)c2)C[C@H](C)N1. The van der Waals surface area contributed by atoms with Gasteiger partial charge in [0.25, 0.3) is 5.91 Å². The molecular weight excluding hydrogens is 485 g/mol. The number of aromatic amines is 1. The summed E-state index contributed by atoms with van der Waals surface area (Å²) in [6, 6.07) is 10.3. The van der Waals surface area contributed by atoms with Gasteiger partial charge >= 0.3 is 6.18 Å². The number of nitrogens with zero attached hydrogens (tertiary/aromatic N) is 4. The highest BCUT2D eigenvalue weighted by Crippen LogP contribution is 2.31. The van der Waals surface area contributed by atoms with E-state index in [1.54, 1.807) is 24.4 Å². The van der Waals surface area contributed by atoms with E-state index < -0.39 is 11.7 Å². The second-order valence-electron chi connectivity index (χ2n) is 9.11. The molecule has 0 bridgehead atoms. The molecule has 0 saturated carbocycles. The molecule has 1 aliphatic heterocycles. The topological polar surface area (TPSA) is 111 Å². The molecule has 4 aromatic rings. The summed E-state index contributed by atoms with van der Waals surface area (Å²) in [5.41, 5.74) is 1.19. The number of carbonyl (C=O) groups is 1. The van der Waals surface area contributed by atoms with Gasteiger partial charge in [0.2, 0.25) is 5.95 Å². The fourth-order valence-corrected chi connectivity index (χ4v) is 4.39. The lowest BCUT2D eigenvalue weighted by atomic mass is 10.1. The number of benzene rings is 1. The molecule has 2 atom stereocenters. The molecule has 1 aliphatic rings. The lowest BCUT2D eigenvalue weighted by Gasteiger charge is -2.36. The van der Waals surface area contributed by atoms with Crippen LogP contribution in [-0.4, -0.2) is 55.9 Å². The first kappa shape index (κ1) is 24.5. The van der Waals surface area contributed by atoms with Crippen LogP contribution in [0.1, 0.15) is 29.8 Å². The molecule has 12 heteroatoms. The minimum Gasteiger partial charge on any atom is -0.340 e. The third-order valence-electron chi connectivity index (χ3n) is 5.93. The van der Waals surface area contributed by atoms with Crippen molar-refractivity contribution in [3.8, 4) is 0 Å². The number of nitrogens with one attached hydrogen (secondary N) is 4. The van der Waals surface area contributed by atoms with Gasteiger partial charge in [0.15, 0.2) is 0 Å². The molecule has 5 rings (SSSR count). The zero-order valence-electron chi connectivity index (χ0n) is 20.1. The van der Waals surface area contributed by atoms with E-state index in [9.17, 15) is 18.0 Å². The Morgan fingerprint density at radius 1 is 1.03 bits per heavy atom. The van der Waals surface area contributed by atoms with Gasteiger partial charge in [-0.15, -0.1) is 0 Å². The van der Waals surface area contributed by atoms with Gasteiger partial charge < -0.3 is 25.8 Å². The molecule has 1 amide bonds. The van der Waals surface area contributed by atoms with Crippen LogP contribution in [0, 0.1) is 0 Å². The number of fused-ring (bicyclic) bond motifs is 1. The highest BCUT2D eigenvalue weighted by molar-refractivity contribution is 5.95. The first-order valence-electron chi connectivity index (χ1n) is 11.7. The lowest BCUT2D eigenvalue weighted by Crippen LogP contribution is -2.55. The second kappa shape index (κ2) is 9.69. The number of rotatable bonds is 5. The second-order valence-corrected chi connectivity index (χ2v) is 9.11. The van der Waals surface area contributed by atoms with E-state index in [0.717, 1.165) is 12.1 Å². The predicted molar refractivity (Wildman–Crippen MR) is 134 cm³/mol. The maximum absolute atomic E-state index is 13.0. The fourth-order valence-electron chi connectivity index (χ4n) is 4.39. The molecule has 0 unspecified atom stereocenters. The molecule has 4 N–H and O–H groups in total. The van der Waals surface area contributed by atoms with Crippen LogP contribution in [0.25, 0.3) is 11.0 Å². The Bertz CT molecular complexity index is 1430. The smallest absolute Gasteiger partial charge is 0.340 e. The van der Waals surface area contributed by atoms with Crippen molar-refractivity contribution >= 4 is 40.2 Å². The lowest BCUT2D eigenvalue weighted by molar-refractivity contribution is -0.137. The summed E-state index contributed by atoms with van der Waals surface area (Å²) >= 11 is 0. The molecule has 1 aromatic carbocycles. The highest BCUT2D eigenvalue weighted by Gasteiger charge is 2.30. The number of hydrogen-bond acceptors (Lipinski definition) is 7. The molecule has 37 heavy (non-hydrogen) atoms. The van der Waals surface area contributed by atoms with Gasteiger partial charge in [0.05, 0.1) is 22.8 Å². The Morgan fingerprint density at radius 3 is 2.54 bits per heavy atom. The van der Waals surface area contributed by atoms with Gasteiger partial charge in [0.1, 0.15) is 11.6 Å². The van der Waals surface area contributed by atoms with Crippen molar-refractivity contribution in [2.75, 3.05) is 23.7 Å². The summed E-state index contributed by atoms with van der Waals surface area (Å²) in [6.07, 6.45) is -1.34. The Morgan fingerprint density at radius 2 is 1.78 bits per heavy atom. The number of H-pyrrole nitrogens is 1. The van der Waals surface area contributed by atoms with Crippen LogP contribution in [0.3, 0.4) is 0 Å². The van der Waals surface area contributed by atoms with E-state index >= 15 is 0 Å². The Labute approximate surface area is 210 Å². The summed E-state index contributed by atoms with van der Waals surface area (Å²) < 4.78 is 39.0. The quantitative estimate of drug-likeness (QED) is 0.309. The number of imidazole rings is 1. The summed E-state index contributed by atoms with van der Waals surface area (Å²) in [5.74, 6) is 1.10. The first-order chi connectivity index (χ1) is 17.6. The summed E-state index contributed by atoms with van der Waals surface area (Å²) in [6.45, 7) is 5.35. The maximum Gasteiger partial charge on any atom is 0.416 e. The van der Waals surface area contributed by atoms with Crippen LogP contribution in [-0.2, 0) is 6.18 Å². The number of carbonyl (C=O) groups excluding carboxylic acids is 1. The van der Waals surface area contributed by atoms with Crippen molar-refractivity contribution in [1.29, 1.82) is 0 Å². The first-order valence-corrected chi connectivity index (χ1v) is 11.7. The van der Waals surface area contributed by atoms with Crippen LogP contribution >= 0.6 is 0 Å². The molecule has 4 heterocycles. The van der Waals surface area contributed by atoms with Crippen molar-refractivity contribution in [2.24, 2.45) is 0 Å². The van der Waals surface area contributed by atoms with E-state index in [1.807, 2.05) is 18.7 Å². The van der Waals surface area contributed by atoms with E-state index in [2.05, 4.69) is 35.9 Å². The third-order valence-corrected chi connectivity index (χ3v) is 5.93. The van der Waals surface area contributed by atoms with E-state index in [1.165, 1.54) is 18.3 Å². The van der Waals surface area contributed by atoms with Crippen LogP contribution in [0.5, 0.6) is 0 Å². The number of amides is 1. The van der Waals surface area contributed by atoms with Crippen molar-refractivity contribution in [3.63, 3.8) is 0 Å². The minimum atomic E-state index is -4.43. The van der Waals surface area contributed by atoms with Gasteiger partial charge in [-0.05, 0) is 44.2 Å². The fraction of sp³-hybridized carbons (Fsp3) is 0.280. The normalized spacial score (nSPS) is 18.1. The Balaban J connectivity index is 1.31. The summed E-state index contributed by atoms with van der Waals surface area (Å²) in [5, 5.41) is 9.36. The van der Waals surface area contributed by atoms with Crippen LogP contribution in [0.2, 0.25) is 0 Å². The molecule has 3 aromatic heterocycles. The Hall–Kier alpha value is -4.19. The standard InChI is InChI=1S/C25H25F3N8O/c1-14-12-36(13-15(2)31-14)23(37)16-6-7-29-21(8-16)35-24-33-19-10-22(30-11-20(19)34-24)32-18-5-3-4-17(9-18)25(26,27)28/h3-11,14-15,31H,12-13H2,1-2H3,(H,30,32)(H2,29,33,34,35)/t14-,15+. The van der Waals surface area contributed by atoms with Crippen LogP contribution in [0.15, 0.2) is 54.9 Å². The molecule has 9 nitrogen and oxygen atoms in total.